The Morgan fingerprint density at radius 3 is 2.94 bits per heavy atom. The van der Waals surface area contributed by atoms with Crippen LogP contribution in [0.2, 0.25) is 0 Å². The molecule has 1 saturated heterocycles. The summed E-state index contributed by atoms with van der Waals surface area (Å²) in [7, 11) is 0. The van der Waals surface area contributed by atoms with E-state index in [4.69, 9.17) is 0 Å². The Hall–Kier alpha value is -1.40. The molecule has 1 fully saturated rings. The summed E-state index contributed by atoms with van der Waals surface area (Å²) in [5.74, 6) is 0.943. The Balaban J connectivity index is 2.22. The van der Waals surface area contributed by atoms with E-state index in [1.54, 1.807) is 17.8 Å². The fourth-order valence-electron chi connectivity index (χ4n) is 1.98. The molecule has 1 aliphatic rings. The minimum Gasteiger partial charge on any atom is -0.388 e. The highest BCUT2D eigenvalue weighted by atomic mass is 32.2. The minimum atomic E-state index is -0.954. The number of aliphatic hydroxyl groups excluding tert-OH is 1. The molecule has 18 heavy (non-hydrogen) atoms. The van der Waals surface area contributed by atoms with Crippen molar-refractivity contribution in [3.05, 3.63) is 39.9 Å². The molecule has 0 unspecified atom stereocenters. The maximum Gasteiger partial charge on any atom is 0.269 e. The number of rotatable bonds is 3. The molecule has 1 heterocycles. The summed E-state index contributed by atoms with van der Waals surface area (Å²) in [4.78, 5) is 21.9. The molecule has 1 N–H and O–H groups in total. The van der Waals surface area contributed by atoms with Gasteiger partial charge in [0, 0.05) is 30.1 Å². The molecular weight excluding hydrogens is 254 g/mol. The number of aliphatic hydroxyl groups is 1. The fraction of sp³-hybridized carbons (Fsp3) is 0.417. The van der Waals surface area contributed by atoms with Crippen molar-refractivity contribution in [1.29, 1.82) is 0 Å². The monoisotopic (exact) mass is 267 g/mol. The lowest BCUT2D eigenvalue weighted by Gasteiger charge is -2.25. The summed E-state index contributed by atoms with van der Waals surface area (Å²) in [6.45, 7) is 0. The predicted octanol–water partition coefficient (Wildman–Crippen LogP) is 1.95. The summed E-state index contributed by atoms with van der Waals surface area (Å²) >= 11 is 1.63. The van der Waals surface area contributed by atoms with Crippen molar-refractivity contribution in [1.82, 2.24) is 0 Å². The quantitative estimate of drug-likeness (QED) is 0.668. The number of hydrogen-bond acceptors (Lipinski definition) is 5. The van der Waals surface area contributed by atoms with Crippen molar-refractivity contribution in [2.75, 3.05) is 11.5 Å². The van der Waals surface area contributed by atoms with E-state index in [9.17, 15) is 20.0 Å². The van der Waals surface area contributed by atoms with Crippen LogP contribution in [-0.2, 0) is 4.79 Å². The molecule has 2 rings (SSSR count). The number of carbonyl (C=O) groups excluding carboxylic acids is 1. The molecular formula is C12H13NO4S. The van der Waals surface area contributed by atoms with Gasteiger partial charge in [-0.2, -0.15) is 11.8 Å². The summed E-state index contributed by atoms with van der Waals surface area (Å²) in [5.41, 5.74) is 0.368. The maximum atomic E-state index is 11.7. The first-order chi connectivity index (χ1) is 8.59. The van der Waals surface area contributed by atoms with Crippen molar-refractivity contribution in [2.24, 2.45) is 5.92 Å². The van der Waals surface area contributed by atoms with Crippen molar-refractivity contribution in [2.45, 2.75) is 12.5 Å². The van der Waals surface area contributed by atoms with Crippen molar-refractivity contribution >= 4 is 23.2 Å². The van der Waals surface area contributed by atoms with Gasteiger partial charge >= 0.3 is 0 Å². The molecule has 0 radical (unpaired) electrons. The van der Waals surface area contributed by atoms with Gasteiger partial charge in [0.15, 0.2) is 0 Å². The number of benzene rings is 1. The third-order valence-corrected chi connectivity index (χ3v) is 4.10. The number of nitrogens with zero attached hydrogens (tertiary/aromatic N) is 1. The van der Waals surface area contributed by atoms with Gasteiger partial charge in [-0.15, -0.1) is 0 Å². The topological polar surface area (TPSA) is 80.4 Å². The zero-order chi connectivity index (χ0) is 13.1. The number of non-ortho nitro benzene ring substituents is 1. The molecule has 5 nitrogen and oxygen atoms in total. The second-order valence-corrected chi connectivity index (χ2v) is 5.34. The molecule has 1 aromatic rings. The van der Waals surface area contributed by atoms with Crippen LogP contribution < -0.4 is 0 Å². The average molecular weight is 267 g/mol. The van der Waals surface area contributed by atoms with E-state index in [-0.39, 0.29) is 11.5 Å². The van der Waals surface area contributed by atoms with Crippen molar-refractivity contribution in [3.63, 3.8) is 0 Å². The van der Waals surface area contributed by atoms with Gasteiger partial charge in [0.25, 0.3) is 5.69 Å². The van der Waals surface area contributed by atoms with E-state index in [1.165, 1.54) is 18.2 Å². The normalized spacial score (nSPS) is 21.6. The molecule has 0 saturated carbocycles. The van der Waals surface area contributed by atoms with E-state index in [1.807, 2.05) is 0 Å². The summed E-state index contributed by atoms with van der Waals surface area (Å²) in [5, 5.41) is 20.8. The summed E-state index contributed by atoms with van der Waals surface area (Å²) in [6.07, 6.45) is -0.494. The number of Topliss-reactive ketones (excluding diaryl/α,β-unsaturated/α-hetero) is 1. The first kappa shape index (κ1) is 13.0. The molecule has 0 aromatic heterocycles. The average Bonchev–Trinajstić information content (AvgIpc) is 2.38. The fourth-order valence-corrected chi connectivity index (χ4v) is 3.12. The predicted molar refractivity (Wildman–Crippen MR) is 68.5 cm³/mol. The Labute approximate surface area is 108 Å². The number of nitro benzene ring substituents is 1. The second kappa shape index (κ2) is 5.49. The lowest BCUT2D eigenvalue weighted by atomic mass is 9.92. The Morgan fingerprint density at radius 1 is 1.50 bits per heavy atom. The van der Waals surface area contributed by atoms with Gasteiger partial charge in [-0.1, -0.05) is 12.1 Å². The van der Waals surface area contributed by atoms with Crippen LogP contribution in [0.25, 0.3) is 0 Å². The van der Waals surface area contributed by atoms with Gasteiger partial charge < -0.3 is 5.11 Å². The molecule has 0 amide bonds. The van der Waals surface area contributed by atoms with Gasteiger partial charge in [-0.05, 0) is 5.56 Å². The Kier molecular flexibility index (Phi) is 3.98. The summed E-state index contributed by atoms with van der Waals surface area (Å²) < 4.78 is 0. The summed E-state index contributed by atoms with van der Waals surface area (Å²) in [6, 6.07) is 5.84. The molecule has 96 valence electrons. The smallest absolute Gasteiger partial charge is 0.269 e. The van der Waals surface area contributed by atoms with E-state index in [0.717, 1.165) is 5.75 Å². The highest BCUT2D eigenvalue weighted by molar-refractivity contribution is 7.99. The zero-order valence-corrected chi connectivity index (χ0v) is 10.4. The van der Waals surface area contributed by atoms with Crippen LogP contribution in [-0.4, -0.2) is 27.3 Å². The lowest BCUT2D eigenvalue weighted by Crippen LogP contribution is -2.28. The zero-order valence-electron chi connectivity index (χ0n) is 9.61. The highest BCUT2D eigenvalue weighted by Crippen LogP contribution is 2.32. The first-order valence-electron chi connectivity index (χ1n) is 5.62. The van der Waals surface area contributed by atoms with Crippen LogP contribution in [0.1, 0.15) is 18.1 Å². The van der Waals surface area contributed by atoms with Crippen molar-refractivity contribution < 1.29 is 14.8 Å². The maximum absolute atomic E-state index is 11.7. The van der Waals surface area contributed by atoms with Crippen LogP contribution in [0.15, 0.2) is 24.3 Å². The number of carbonyl (C=O) groups is 1. The van der Waals surface area contributed by atoms with E-state index in [0.29, 0.717) is 17.7 Å². The Bertz CT molecular complexity index is 477. The van der Waals surface area contributed by atoms with Gasteiger partial charge in [-0.3, -0.25) is 14.9 Å². The molecule has 0 spiro atoms. The van der Waals surface area contributed by atoms with Crippen LogP contribution >= 0.6 is 11.8 Å². The highest BCUT2D eigenvalue weighted by Gasteiger charge is 2.30. The standard InChI is InChI=1S/C12H13NO4S/c14-11-4-5-18-7-10(11)12(15)8-2-1-3-9(6-8)13(16)17/h1-3,6,10,12,15H,4-5,7H2/t10-,12+/m1/s1. The second-order valence-electron chi connectivity index (χ2n) is 4.19. The minimum absolute atomic E-state index is 0.0350. The third kappa shape index (κ3) is 2.70. The van der Waals surface area contributed by atoms with Crippen LogP contribution in [0.5, 0.6) is 0 Å². The SMILES string of the molecule is O=C1CCSC[C@H]1[C@@H](O)c1cccc([N+](=O)[O-])c1. The molecule has 0 bridgehead atoms. The number of thioether (sulfide) groups is 1. The third-order valence-electron chi connectivity index (χ3n) is 3.01. The van der Waals surface area contributed by atoms with Crippen LogP contribution in [0.3, 0.4) is 0 Å². The molecule has 6 heteroatoms. The molecule has 0 aliphatic carbocycles. The van der Waals surface area contributed by atoms with Crippen LogP contribution in [0, 0.1) is 16.0 Å². The van der Waals surface area contributed by atoms with E-state index < -0.39 is 16.9 Å². The lowest BCUT2D eigenvalue weighted by molar-refractivity contribution is -0.385. The van der Waals surface area contributed by atoms with Crippen molar-refractivity contribution in [3.8, 4) is 0 Å². The number of hydrogen-bond donors (Lipinski definition) is 1. The molecule has 1 aliphatic heterocycles. The first-order valence-corrected chi connectivity index (χ1v) is 6.78. The van der Waals surface area contributed by atoms with E-state index in [2.05, 4.69) is 0 Å². The van der Waals surface area contributed by atoms with Gasteiger partial charge in [0.2, 0.25) is 0 Å². The van der Waals surface area contributed by atoms with Gasteiger partial charge in [-0.25, -0.2) is 0 Å². The van der Waals surface area contributed by atoms with Gasteiger partial charge in [0.1, 0.15) is 5.78 Å². The van der Waals surface area contributed by atoms with E-state index >= 15 is 0 Å². The number of ketones is 1. The number of nitro groups is 1. The van der Waals surface area contributed by atoms with Gasteiger partial charge in [0.05, 0.1) is 16.9 Å². The molecule has 1 aromatic carbocycles. The van der Waals surface area contributed by atoms with Crippen LogP contribution in [0.4, 0.5) is 5.69 Å². The molecule has 2 atom stereocenters. The largest absolute Gasteiger partial charge is 0.388 e. The Morgan fingerprint density at radius 2 is 2.28 bits per heavy atom.